The van der Waals surface area contributed by atoms with Crippen LogP contribution in [0.4, 0.5) is 0 Å². The lowest BCUT2D eigenvalue weighted by Gasteiger charge is -2.23. The minimum atomic E-state index is -1.20. The molecule has 2 nitrogen and oxygen atoms in total. The maximum absolute atomic E-state index is 10.5. The number of hydrogen-bond donors (Lipinski definition) is 0. The van der Waals surface area contributed by atoms with Gasteiger partial charge in [-0.25, -0.2) is 0 Å². The van der Waals surface area contributed by atoms with Crippen LogP contribution in [-0.2, 0) is 9.53 Å². The van der Waals surface area contributed by atoms with Crippen molar-refractivity contribution in [1.82, 2.24) is 0 Å². The minimum Gasteiger partial charge on any atom is -0.449 e. The summed E-state index contributed by atoms with van der Waals surface area (Å²) in [6, 6.07) is 0. The van der Waals surface area contributed by atoms with Crippen molar-refractivity contribution in [3.63, 3.8) is 0 Å². The second-order valence-electron chi connectivity index (χ2n) is 2.09. The molecule has 0 N–H and O–H groups in total. The summed E-state index contributed by atoms with van der Waals surface area (Å²) in [6.45, 7) is 11.6. The van der Waals surface area contributed by atoms with Gasteiger partial charge in [0.05, 0.1) is 5.03 Å². The van der Waals surface area contributed by atoms with Crippen LogP contribution in [0, 0.1) is 6.92 Å². The number of hydrogen-bond acceptors (Lipinski definition) is 2. The van der Waals surface area contributed by atoms with Crippen LogP contribution in [0.5, 0.6) is 0 Å². The molecule has 11 heavy (non-hydrogen) atoms. The van der Waals surface area contributed by atoms with E-state index in [4.69, 9.17) is 16.3 Å². The average molecular weight is 174 g/mol. The number of rotatable bonds is 3. The Morgan fingerprint density at radius 2 is 2.18 bits per heavy atom. The molecular formula is C8H10ClO2. The second-order valence-corrected chi connectivity index (χ2v) is 2.55. The Bertz CT molecular complexity index is 198. The van der Waals surface area contributed by atoms with Gasteiger partial charge < -0.3 is 4.74 Å². The van der Waals surface area contributed by atoms with Gasteiger partial charge in [0.2, 0.25) is 0 Å². The standard InChI is InChI=1S/C8H10ClO2/c1-5-8(4,6(2)9)11-7(3)10/h5H,1-2,4H2,3H3. The highest BCUT2D eigenvalue weighted by atomic mass is 35.5. The maximum atomic E-state index is 10.5. The van der Waals surface area contributed by atoms with E-state index in [1.54, 1.807) is 0 Å². The fraction of sp³-hybridized carbons (Fsp3) is 0.250. The van der Waals surface area contributed by atoms with Crippen LogP contribution in [0.2, 0.25) is 0 Å². The molecule has 0 aliphatic carbocycles. The lowest BCUT2D eigenvalue weighted by Crippen LogP contribution is -2.28. The Morgan fingerprint density at radius 1 is 1.73 bits per heavy atom. The smallest absolute Gasteiger partial charge is 0.303 e. The molecule has 0 aromatic carbocycles. The third-order valence-electron chi connectivity index (χ3n) is 1.11. The molecule has 1 atom stereocenters. The Labute approximate surface area is 71.5 Å². The summed E-state index contributed by atoms with van der Waals surface area (Å²) in [5.41, 5.74) is -1.20. The molecular weight excluding hydrogens is 164 g/mol. The van der Waals surface area contributed by atoms with Crippen LogP contribution in [0.3, 0.4) is 0 Å². The zero-order valence-electron chi connectivity index (χ0n) is 6.39. The molecule has 3 heteroatoms. The van der Waals surface area contributed by atoms with Gasteiger partial charge in [-0.05, 0) is 6.08 Å². The molecule has 0 bridgehead atoms. The average Bonchev–Trinajstić information content (AvgIpc) is 1.86. The summed E-state index contributed by atoms with van der Waals surface area (Å²) in [5, 5.41) is 0.128. The zero-order valence-corrected chi connectivity index (χ0v) is 7.15. The first kappa shape index (κ1) is 10.2. The van der Waals surface area contributed by atoms with Crippen molar-refractivity contribution in [3.8, 4) is 0 Å². The van der Waals surface area contributed by atoms with E-state index < -0.39 is 11.6 Å². The fourth-order valence-electron chi connectivity index (χ4n) is 0.464. The fourth-order valence-corrected chi connectivity index (χ4v) is 0.580. The van der Waals surface area contributed by atoms with Gasteiger partial charge in [-0.1, -0.05) is 24.8 Å². The first-order valence-electron chi connectivity index (χ1n) is 2.96. The quantitative estimate of drug-likeness (QED) is 0.483. The molecule has 0 saturated heterocycles. The number of ether oxygens (including phenoxy) is 1. The zero-order chi connectivity index (χ0) is 9.07. The van der Waals surface area contributed by atoms with E-state index in [0.717, 1.165) is 0 Å². The van der Waals surface area contributed by atoms with E-state index in [-0.39, 0.29) is 5.03 Å². The maximum Gasteiger partial charge on any atom is 0.303 e. The Balaban J connectivity index is 4.47. The van der Waals surface area contributed by atoms with Crippen molar-refractivity contribution in [3.05, 3.63) is 31.2 Å². The largest absolute Gasteiger partial charge is 0.449 e. The van der Waals surface area contributed by atoms with E-state index in [1.807, 2.05) is 0 Å². The Hall–Kier alpha value is -0.760. The third-order valence-corrected chi connectivity index (χ3v) is 1.43. The molecule has 0 amide bonds. The molecule has 0 spiro atoms. The summed E-state index contributed by atoms with van der Waals surface area (Å²) in [7, 11) is 0. The molecule has 1 radical (unpaired) electrons. The van der Waals surface area contributed by atoms with Gasteiger partial charge in [-0.2, -0.15) is 0 Å². The first-order valence-corrected chi connectivity index (χ1v) is 3.33. The van der Waals surface area contributed by atoms with Crippen LogP contribution in [-0.4, -0.2) is 11.6 Å². The normalized spacial score (nSPS) is 14.8. The van der Waals surface area contributed by atoms with E-state index >= 15 is 0 Å². The molecule has 0 aliphatic rings. The lowest BCUT2D eigenvalue weighted by molar-refractivity contribution is -0.146. The molecule has 0 saturated carbocycles. The van der Waals surface area contributed by atoms with E-state index in [9.17, 15) is 4.79 Å². The van der Waals surface area contributed by atoms with Gasteiger partial charge >= 0.3 is 5.97 Å². The van der Waals surface area contributed by atoms with Crippen LogP contribution < -0.4 is 0 Å². The summed E-state index contributed by atoms with van der Waals surface area (Å²) < 4.78 is 4.75. The van der Waals surface area contributed by atoms with E-state index in [0.29, 0.717) is 0 Å². The van der Waals surface area contributed by atoms with Crippen molar-refractivity contribution in [1.29, 1.82) is 0 Å². The predicted molar refractivity (Wildman–Crippen MR) is 45.0 cm³/mol. The summed E-state index contributed by atoms with van der Waals surface area (Å²) in [5.74, 6) is -0.471. The van der Waals surface area contributed by atoms with Crippen molar-refractivity contribution in [2.45, 2.75) is 12.5 Å². The minimum absolute atomic E-state index is 0.128. The molecule has 0 aliphatic heterocycles. The van der Waals surface area contributed by atoms with Crippen molar-refractivity contribution >= 4 is 17.6 Å². The van der Waals surface area contributed by atoms with Crippen molar-refractivity contribution in [2.24, 2.45) is 0 Å². The van der Waals surface area contributed by atoms with E-state index in [2.05, 4.69) is 20.1 Å². The van der Waals surface area contributed by atoms with Gasteiger partial charge in [0, 0.05) is 13.8 Å². The topological polar surface area (TPSA) is 26.3 Å². The molecule has 0 aromatic heterocycles. The molecule has 1 unspecified atom stereocenters. The molecule has 61 valence electrons. The highest BCUT2D eigenvalue weighted by Crippen LogP contribution is 2.23. The molecule has 0 rings (SSSR count). The number of carbonyl (C=O) groups is 1. The van der Waals surface area contributed by atoms with Crippen LogP contribution in [0.15, 0.2) is 24.3 Å². The van der Waals surface area contributed by atoms with Gasteiger partial charge in [0.15, 0.2) is 5.60 Å². The summed E-state index contributed by atoms with van der Waals surface area (Å²) >= 11 is 5.52. The third kappa shape index (κ3) is 2.76. The highest BCUT2D eigenvalue weighted by Gasteiger charge is 2.26. The SMILES string of the molecule is [CH2]C(C=C)(OC(C)=O)C(=C)Cl. The van der Waals surface area contributed by atoms with Gasteiger partial charge in [-0.3, -0.25) is 4.79 Å². The highest BCUT2D eigenvalue weighted by molar-refractivity contribution is 6.30. The Morgan fingerprint density at radius 3 is 2.27 bits per heavy atom. The molecule has 0 aromatic rings. The number of esters is 1. The summed E-state index contributed by atoms with van der Waals surface area (Å²) in [6.07, 6.45) is 1.32. The number of halogens is 1. The van der Waals surface area contributed by atoms with Crippen LogP contribution >= 0.6 is 11.6 Å². The van der Waals surface area contributed by atoms with Crippen LogP contribution in [0.25, 0.3) is 0 Å². The number of carbonyl (C=O) groups excluding carboxylic acids is 1. The Kier molecular flexibility index (Phi) is 3.33. The van der Waals surface area contributed by atoms with Gasteiger partial charge in [0.1, 0.15) is 0 Å². The second kappa shape index (κ2) is 3.58. The van der Waals surface area contributed by atoms with Gasteiger partial charge in [0.25, 0.3) is 0 Å². The van der Waals surface area contributed by atoms with Crippen LogP contribution in [0.1, 0.15) is 6.92 Å². The first-order chi connectivity index (χ1) is 4.92. The van der Waals surface area contributed by atoms with Gasteiger partial charge in [-0.15, -0.1) is 0 Å². The van der Waals surface area contributed by atoms with Crippen molar-refractivity contribution in [2.75, 3.05) is 0 Å². The lowest BCUT2D eigenvalue weighted by atomic mass is 10.1. The predicted octanol–water partition coefficient (Wildman–Crippen LogP) is 2.06. The summed E-state index contributed by atoms with van der Waals surface area (Å²) in [4.78, 5) is 10.5. The molecule has 0 fully saturated rings. The van der Waals surface area contributed by atoms with E-state index in [1.165, 1.54) is 13.0 Å². The monoisotopic (exact) mass is 173 g/mol. The molecule has 0 heterocycles. The van der Waals surface area contributed by atoms with Crippen molar-refractivity contribution < 1.29 is 9.53 Å².